The van der Waals surface area contributed by atoms with E-state index in [1.807, 2.05) is 19.2 Å². The Hall–Kier alpha value is -1.52. The molecule has 0 aliphatic carbocycles. The highest BCUT2D eigenvalue weighted by Crippen LogP contribution is 2.28. The molecule has 1 heterocycles. The third-order valence-electron chi connectivity index (χ3n) is 2.87. The van der Waals surface area contributed by atoms with Gasteiger partial charge in [-0.3, -0.25) is 4.79 Å². The van der Waals surface area contributed by atoms with Crippen LogP contribution in [0.2, 0.25) is 5.02 Å². The summed E-state index contributed by atoms with van der Waals surface area (Å²) in [5.74, 6) is 0.679. The number of benzene rings is 1. The molecule has 0 unspecified atom stereocenters. The van der Waals surface area contributed by atoms with Gasteiger partial charge < -0.3 is 15.4 Å². The van der Waals surface area contributed by atoms with Crippen LogP contribution in [-0.4, -0.2) is 32.7 Å². The average molecular weight is 281 g/mol. The molecule has 2 rings (SSSR count). The molecule has 1 aromatic carbocycles. The molecule has 4 nitrogen and oxygen atoms in total. The van der Waals surface area contributed by atoms with Gasteiger partial charge in [0.2, 0.25) is 0 Å². The molecule has 1 amide bonds. The normalized spacial score (nSPS) is 13.3. The second kappa shape index (κ2) is 6.59. The Bertz CT molecular complexity index is 500. The molecule has 102 valence electrons. The van der Waals surface area contributed by atoms with E-state index in [1.54, 1.807) is 12.1 Å². The third-order valence-corrected chi connectivity index (χ3v) is 3.10. The van der Waals surface area contributed by atoms with Crippen LogP contribution in [0.15, 0.2) is 23.8 Å². The lowest BCUT2D eigenvalue weighted by atomic mass is 10.1. The van der Waals surface area contributed by atoms with E-state index in [9.17, 15) is 4.79 Å². The lowest BCUT2D eigenvalue weighted by Crippen LogP contribution is -2.30. The number of halogens is 1. The SMILES string of the molecule is CNCCCNC(=O)C1=Cc2cc(Cl)ccc2OC1. The molecule has 0 spiro atoms. The van der Waals surface area contributed by atoms with Crippen molar-refractivity contribution in [3.05, 3.63) is 34.4 Å². The smallest absolute Gasteiger partial charge is 0.250 e. The Kier molecular flexibility index (Phi) is 4.82. The minimum absolute atomic E-state index is 0.0817. The zero-order valence-corrected chi connectivity index (χ0v) is 11.6. The zero-order valence-electron chi connectivity index (χ0n) is 10.8. The second-order valence-electron chi connectivity index (χ2n) is 4.35. The van der Waals surface area contributed by atoms with E-state index in [0.29, 0.717) is 23.7 Å². The molecule has 0 radical (unpaired) electrons. The van der Waals surface area contributed by atoms with Crippen LogP contribution in [0.25, 0.3) is 6.08 Å². The summed E-state index contributed by atoms with van der Waals surface area (Å²) in [6.07, 6.45) is 2.73. The maximum atomic E-state index is 11.9. The molecule has 1 aromatic rings. The van der Waals surface area contributed by atoms with Gasteiger partial charge in [-0.25, -0.2) is 0 Å². The Labute approximate surface area is 117 Å². The van der Waals surface area contributed by atoms with Crippen molar-refractivity contribution in [3.8, 4) is 5.75 Å². The predicted octanol–water partition coefficient (Wildman–Crippen LogP) is 1.84. The summed E-state index contributed by atoms with van der Waals surface area (Å²) in [6, 6.07) is 5.39. The van der Waals surface area contributed by atoms with Crippen molar-refractivity contribution < 1.29 is 9.53 Å². The van der Waals surface area contributed by atoms with E-state index in [2.05, 4.69) is 10.6 Å². The van der Waals surface area contributed by atoms with Gasteiger partial charge in [-0.1, -0.05) is 11.6 Å². The van der Waals surface area contributed by atoms with E-state index in [-0.39, 0.29) is 5.91 Å². The molecule has 1 aliphatic rings. The summed E-state index contributed by atoms with van der Waals surface area (Å²) in [5, 5.41) is 6.54. The van der Waals surface area contributed by atoms with Crippen LogP contribution in [0, 0.1) is 0 Å². The van der Waals surface area contributed by atoms with Crippen LogP contribution < -0.4 is 15.4 Å². The number of hydrogen-bond donors (Lipinski definition) is 2. The van der Waals surface area contributed by atoms with Crippen molar-refractivity contribution in [2.45, 2.75) is 6.42 Å². The molecule has 0 bridgehead atoms. The van der Waals surface area contributed by atoms with Crippen LogP contribution >= 0.6 is 11.6 Å². The lowest BCUT2D eigenvalue weighted by molar-refractivity contribution is -0.117. The maximum Gasteiger partial charge on any atom is 0.250 e. The van der Waals surface area contributed by atoms with Gasteiger partial charge >= 0.3 is 0 Å². The number of carbonyl (C=O) groups excluding carboxylic acids is 1. The van der Waals surface area contributed by atoms with Crippen LogP contribution in [0.3, 0.4) is 0 Å². The summed E-state index contributed by atoms with van der Waals surface area (Å²) in [5.41, 5.74) is 1.47. The Morgan fingerprint density at radius 3 is 3.05 bits per heavy atom. The summed E-state index contributed by atoms with van der Waals surface area (Å²) in [7, 11) is 1.89. The largest absolute Gasteiger partial charge is 0.488 e. The van der Waals surface area contributed by atoms with Crippen molar-refractivity contribution in [3.63, 3.8) is 0 Å². The number of nitrogens with one attached hydrogen (secondary N) is 2. The van der Waals surface area contributed by atoms with Crippen molar-refractivity contribution >= 4 is 23.6 Å². The van der Waals surface area contributed by atoms with Gasteiger partial charge in [-0.2, -0.15) is 0 Å². The minimum Gasteiger partial charge on any atom is -0.488 e. The Balaban J connectivity index is 2.00. The van der Waals surface area contributed by atoms with Gasteiger partial charge in [0.05, 0.1) is 5.57 Å². The van der Waals surface area contributed by atoms with Crippen LogP contribution in [0.4, 0.5) is 0 Å². The topological polar surface area (TPSA) is 50.4 Å². The van der Waals surface area contributed by atoms with Crippen LogP contribution in [0.5, 0.6) is 5.75 Å². The first-order chi connectivity index (χ1) is 9.20. The molecule has 0 saturated carbocycles. The van der Waals surface area contributed by atoms with E-state index >= 15 is 0 Å². The molecular formula is C14H17ClN2O2. The van der Waals surface area contributed by atoms with E-state index in [1.165, 1.54) is 0 Å². The average Bonchev–Trinajstić information content (AvgIpc) is 2.42. The van der Waals surface area contributed by atoms with Gasteiger partial charge in [0.1, 0.15) is 12.4 Å². The summed E-state index contributed by atoms with van der Waals surface area (Å²) >= 11 is 5.93. The summed E-state index contributed by atoms with van der Waals surface area (Å²) in [4.78, 5) is 11.9. The van der Waals surface area contributed by atoms with Gasteiger partial charge in [-0.15, -0.1) is 0 Å². The number of fused-ring (bicyclic) bond motifs is 1. The van der Waals surface area contributed by atoms with Crippen molar-refractivity contribution in [2.75, 3.05) is 26.7 Å². The highest BCUT2D eigenvalue weighted by Gasteiger charge is 2.16. The fraction of sp³-hybridized carbons (Fsp3) is 0.357. The molecule has 0 fully saturated rings. The van der Waals surface area contributed by atoms with Gasteiger partial charge in [0.25, 0.3) is 5.91 Å². The maximum absolute atomic E-state index is 11.9. The predicted molar refractivity (Wildman–Crippen MR) is 76.5 cm³/mol. The quantitative estimate of drug-likeness (QED) is 0.809. The van der Waals surface area contributed by atoms with Crippen LogP contribution in [0.1, 0.15) is 12.0 Å². The fourth-order valence-electron chi connectivity index (χ4n) is 1.86. The van der Waals surface area contributed by atoms with E-state index in [0.717, 1.165) is 24.3 Å². The zero-order chi connectivity index (χ0) is 13.7. The van der Waals surface area contributed by atoms with Gasteiger partial charge in [-0.05, 0) is 44.3 Å². The van der Waals surface area contributed by atoms with Crippen molar-refractivity contribution in [1.29, 1.82) is 0 Å². The monoisotopic (exact) mass is 280 g/mol. The fourth-order valence-corrected chi connectivity index (χ4v) is 2.04. The number of hydrogen-bond acceptors (Lipinski definition) is 3. The Morgan fingerprint density at radius 2 is 2.26 bits per heavy atom. The molecule has 0 atom stereocenters. The molecule has 0 aromatic heterocycles. The number of amides is 1. The molecule has 0 saturated heterocycles. The summed E-state index contributed by atoms with van der Waals surface area (Å²) < 4.78 is 5.54. The molecule has 5 heteroatoms. The lowest BCUT2D eigenvalue weighted by Gasteiger charge is -2.17. The first-order valence-corrected chi connectivity index (χ1v) is 6.64. The van der Waals surface area contributed by atoms with Crippen molar-refractivity contribution in [2.24, 2.45) is 0 Å². The minimum atomic E-state index is -0.0817. The number of rotatable bonds is 5. The first-order valence-electron chi connectivity index (χ1n) is 6.26. The van der Waals surface area contributed by atoms with E-state index < -0.39 is 0 Å². The van der Waals surface area contributed by atoms with Gasteiger partial charge in [0.15, 0.2) is 0 Å². The number of carbonyl (C=O) groups is 1. The third kappa shape index (κ3) is 3.72. The number of ether oxygens (including phenoxy) is 1. The van der Waals surface area contributed by atoms with Crippen molar-refractivity contribution in [1.82, 2.24) is 10.6 Å². The molecule has 1 aliphatic heterocycles. The van der Waals surface area contributed by atoms with E-state index in [4.69, 9.17) is 16.3 Å². The molecule has 2 N–H and O–H groups in total. The Morgan fingerprint density at radius 1 is 1.42 bits per heavy atom. The summed E-state index contributed by atoms with van der Waals surface area (Å²) in [6.45, 7) is 1.83. The highest BCUT2D eigenvalue weighted by atomic mass is 35.5. The van der Waals surface area contributed by atoms with Crippen LogP contribution in [-0.2, 0) is 4.79 Å². The molecular weight excluding hydrogens is 264 g/mol. The van der Waals surface area contributed by atoms with Gasteiger partial charge in [0, 0.05) is 17.1 Å². The highest BCUT2D eigenvalue weighted by molar-refractivity contribution is 6.30. The first kappa shape index (κ1) is 13.9. The second-order valence-corrected chi connectivity index (χ2v) is 4.79. The standard InChI is InChI=1S/C14H17ClN2O2/c1-16-5-2-6-17-14(18)11-7-10-8-12(15)3-4-13(10)19-9-11/h3-4,7-8,16H,2,5-6,9H2,1H3,(H,17,18). The molecule has 19 heavy (non-hydrogen) atoms.